The second-order valence-electron chi connectivity index (χ2n) is 4.65. The van der Waals surface area contributed by atoms with E-state index in [1.54, 1.807) is 18.2 Å². The van der Waals surface area contributed by atoms with Crippen molar-refractivity contribution in [3.05, 3.63) is 51.1 Å². The Morgan fingerprint density at radius 2 is 1.77 bits per heavy atom. The Bertz CT molecular complexity index is 663. The predicted octanol–water partition coefficient (Wildman–Crippen LogP) is 4.12. The van der Waals surface area contributed by atoms with Gasteiger partial charge in [0.05, 0.1) is 14.2 Å². The summed E-state index contributed by atoms with van der Waals surface area (Å²) in [7, 11) is 3.07. The number of ether oxygens (including phenoxy) is 2. The molecule has 0 bridgehead atoms. The van der Waals surface area contributed by atoms with Crippen LogP contribution in [0.2, 0.25) is 0 Å². The highest BCUT2D eigenvalue weighted by Crippen LogP contribution is 2.29. The van der Waals surface area contributed by atoms with Gasteiger partial charge in [-0.15, -0.1) is 0 Å². The molecule has 2 aromatic carbocycles. The van der Waals surface area contributed by atoms with Gasteiger partial charge in [0, 0.05) is 9.26 Å². The lowest BCUT2D eigenvalue weighted by atomic mass is 10.1. The van der Waals surface area contributed by atoms with E-state index in [9.17, 15) is 4.79 Å². The Kier molecular flexibility index (Phi) is 5.65. The summed E-state index contributed by atoms with van der Waals surface area (Å²) in [6.07, 6.45) is 0.843. The topological polar surface area (TPSA) is 47.6 Å². The Hall–Kier alpha value is -1.76. The third kappa shape index (κ3) is 3.52. The molecular weight excluding hydrogens is 393 g/mol. The molecule has 0 aliphatic carbocycles. The molecule has 22 heavy (non-hydrogen) atoms. The molecule has 2 aromatic rings. The molecule has 1 N–H and O–H groups in total. The molecule has 116 valence electrons. The molecule has 0 unspecified atom stereocenters. The number of aryl methyl sites for hydroxylation is 1. The first-order valence-corrected chi connectivity index (χ1v) is 7.99. The van der Waals surface area contributed by atoms with Crippen LogP contribution >= 0.6 is 22.6 Å². The fraction of sp³-hybridized carbons (Fsp3) is 0.235. The third-order valence-electron chi connectivity index (χ3n) is 3.35. The van der Waals surface area contributed by atoms with Crippen LogP contribution in [0.5, 0.6) is 11.5 Å². The summed E-state index contributed by atoms with van der Waals surface area (Å²) < 4.78 is 11.7. The van der Waals surface area contributed by atoms with Crippen molar-refractivity contribution in [3.63, 3.8) is 0 Å². The summed E-state index contributed by atoms with van der Waals surface area (Å²) in [5.74, 6) is 0.728. The van der Waals surface area contributed by atoms with Gasteiger partial charge in [0.25, 0.3) is 5.91 Å². The number of halogens is 1. The number of benzene rings is 2. The van der Waals surface area contributed by atoms with Gasteiger partial charge >= 0.3 is 0 Å². The fourth-order valence-corrected chi connectivity index (χ4v) is 2.79. The number of anilines is 1. The standard InChI is InChI=1S/C17H18INO3/c1-4-11-10-12(18)8-9-13(11)19-17(20)16-14(21-2)6-5-7-15(16)22-3/h5-10H,4H2,1-3H3,(H,19,20). The molecular formula is C17H18INO3. The van der Waals surface area contributed by atoms with Crippen molar-refractivity contribution in [1.29, 1.82) is 0 Å². The Morgan fingerprint density at radius 3 is 2.32 bits per heavy atom. The van der Waals surface area contributed by atoms with Crippen LogP contribution in [-0.4, -0.2) is 20.1 Å². The smallest absolute Gasteiger partial charge is 0.263 e. The molecule has 0 aromatic heterocycles. The third-order valence-corrected chi connectivity index (χ3v) is 4.02. The number of amides is 1. The van der Waals surface area contributed by atoms with Crippen LogP contribution in [-0.2, 0) is 6.42 Å². The summed E-state index contributed by atoms with van der Waals surface area (Å²) >= 11 is 2.26. The van der Waals surface area contributed by atoms with E-state index in [2.05, 4.69) is 40.9 Å². The molecule has 0 radical (unpaired) electrons. The lowest BCUT2D eigenvalue weighted by Crippen LogP contribution is -2.15. The first kappa shape index (κ1) is 16.6. The lowest BCUT2D eigenvalue weighted by Gasteiger charge is -2.14. The number of hydrogen-bond donors (Lipinski definition) is 1. The van der Waals surface area contributed by atoms with E-state index in [-0.39, 0.29) is 5.91 Å². The van der Waals surface area contributed by atoms with E-state index in [1.165, 1.54) is 14.2 Å². The molecule has 0 saturated heterocycles. The molecule has 0 aliphatic rings. The van der Waals surface area contributed by atoms with Gasteiger partial charge in [0.15, 0.2) is 0 Å². The van der Waals surface area contributed by atoms with Crippen LogP contribution < -0.4 is 14.8 Å². The van der Waals surface area contributed by atoms with Crippen LogP contribution in [0.1, 0.15) is 22.8 Å². The minimum atomic E-state index is -0.245. The molecule has 0 heterocycles. The van der Waals surface area contributed by atoms with Crippen LogP contribution in [0.25, 0.3) is 0 Å². The zero-order chi connectivity index (χ0) is 16.1. The average molecular weight is 411 g/mol. The summed E-state index contributed by atoms with van der Waals surface area (Å²) in [5, 5.41) is 2.95. The lowest BCUT2D eigenvalue weighted by molar-refractivity contribution is 0.102. The minimum Gasteiger partial charge on any atom is -0.496 e. The molecule has 0 fully saturated rings. The van der Waals surface area contributed by atoms with Gasteiger partial charge in [0.2, 0.25) is 0 Å². The van der Waals surface area contributed by atoms with E-state index in [0.29, 0.717) is 17.1 Å². The summed E-state index contributed by atoms with van der Waals surface area (Å²) in [4.78, 5) is 12.7. The summed E-state index contributed by atoms with van der Waals surface area (Å²) in [5.41, 5.74) is 2.29. The molecule has 0 spiro atoms. The van der Waals surface area contributed by atoms with Gasteiger partial charge in [0.1, 0.15) is 17.1 Å². The van der Waals surface area contributed by atoms with Crippen molar-refractivity contribution >= 4 is 34.2 Å². The molecule has 0 saturated carbocycles. The number of rotatable bonds is 5. The van der Waals surface area contributed by atoms with Gasteiger partial charge in [-0.2, -0.15) is 0 Å². The first-order valence-electron chi connectivity index (χ1n) is 6.91. The Balaban J connectivity index is 2.38. The van der Waals surface area contributed by atoms with Gasteiger partial charge < -0.3 is 14.8 Å². The Labute approximate surface area is 144 Å². The number of hydrogen-bond acceptors (Lipinski definition) is 3. The van der Waals surface area contributed by atoms with Crippen LogP contribution in [0.4, 0.5) is 5.69 Å². The van der Waals surface area contributed by atoms with Crippen molar-refractivity contribution in [1.82, 2.24) is 0 Å². The Morgan fingerprint density at radius 1 is 1.14 bits per heavy atom. The molecule has 1 amide bonds. The largest absolute Gasteiger partial charge is 0.496 e. The second-order valence-corrected chi connectivity index (χ2v) is 5.89. The van der Waals surface area contributed by atoms with Crippen molar-refractivity contribution < 1.29 is 14.3 Å². The average Bonchev–Trinajstić information content (AvgIpc) is 2.55. The van der Waals surface area contributed by atoms with Gasteiger partial charge in [-0.25, -0.2) is 0 Å². The van der Waals surface area contributed by atoms with Crippen molar-refractivity contribution in [2.24, 2.45) is 0 Å². The number of nitrogens with one attached hydrogen (secondary N) is 1. The monoisotopic (exact) mass is 411 g/mol. The summed E-state index contributed by atoms with van der Waals surface area (Å²) in [6, 6.07) is 11.2. The van der Waals surface area contributed by atoms with Crippen molar-refractivity contribution in [2.45, 2.75) is 13.3 Å². The molecule has 2 rings (SSSR count). The van der Waals surface area contributed by atoms with Crippen LogP contribution in [0.15, 0.2) is 36.4 Å². The van der Waals surface area contributed by atoms with E-state index in [1.807, 2.05) is 12.1 Å². The molecule has 0 aliphatic heterocycles. The second kappa shape index (κ2) is 7.49. The molecule has 5 heteroatoms. The van der Waals surface area contributed by atoms with Crippen molar-refractivity contribution in [2.75, 3.05) is 19.5 Å². The fourth-order valence-electron chi connectivity index (χ4n) is 2.24. The molecule has 0 atom stereocenters. The van der Waals surface area contributed by atoms with E-state index in [4.69, 9.17) is 9.47 Å². The summed E-state index contributed by atoms with van der Waals surface area (Å²) in [6.45, 7) is 2.06. The highest BCUT2D eigenvalue weighted by molar-refractivity contribution is 14.1. The van der Waals surface area contributed by atoms with Gasteiger partial charge in [-0.3, -0.25) is 4.79 Å². The SMILES string of the molecule is CCc1cc(I)ccc1NC(=O)c1c(OC)cccc1OC. The van der Waals surface area contributed by atoms with Crippen LogP contribution in [0.3, 0.4) is 0 Å². The quantitative estimate of drug-likeness (QED) is 0.754. The zero-order valence-corrected chi connectivity index (χ0v) is 14.9. The highest BCUT2D eigenvalue weighted by Gasteiger charge is 2.19. The van der Waals surface area contributed by atoms with E-state index < -0.39 is 0 Å². The zero-order valence-electron chi connectivity index (χ0n) is 12.8. The van der Waals surface area contributed by atoms with Gasteiger partial charge in [-0.05, 0) is 64.9 Å². The maximum Gasteiger partial charge on any atom is 0.263 e. The van der Waals surface area contributed by atoms with Crippen molar-refractivity contribution in [3.8, 4) is 11.5 Å². The maximum absolute atomic E-state index is 12.7. The molecule has 4 nitrogen and oxygen atoms in total. The predicted molar refractivity (Wildman–Crippen MR) is 96.0 cm³/mol. The number of carbonyl (C=O) groups excluding carboxylic acids is 1. The van der Waals surface area contributed by atoms with Gasteiger partial charge in [-0.1, -0.05) is 13.0 Å². The highest BCUT2D eigenvalue weighted by atomic mass is 127. The number of methoxy groups -OCH3 is 2. The van der Waals surface area contributed by atoms with E-state index in [0.717, 1.165) is 21.2 Å². The first-order chi connectivity index (χ1) is 10.6. The minimum absolute atomic E-state index is 0.245. The maximum atomic E-state index is 12.7. The normalized spacial score (nSPS) is 10.2. The van der Waals surface area contributed by atoms with E-state index >= 15 is 0 Å². The number of carbonyl (C=O) groups is 1. The van der Waals surface area contributed by atoms with Crippen LogP contribution in [0, 0.1) is 3.57 Å².